The molecule has 17 heavy (non-hydrogen) atoms. The molecule has 4 nitrogen and oxygen atoms in total. The van der Waals surface area contributed by atoms with E-state index in [1.54, 1.807) is 13.0 Å². The van der Waals surface area contributed by atoms with Crippen LogP contribution in [0.3, 0.4) is 0 Å². The zero-order valence-corrected chi connectivity index (χ0v) is 10.2. The molecule has 1 aromatic carbocycles. The van der Waals surface area contributed by atoms with E-state index in [0.29, 0.717) is 17.5 Å². The molecule has 1 aromatic heterocycles. The monoisotopic (exact) mass is 229 g/mol. The molecule has 2 rings (SSSR count). The van der Waals surface area contributed by atoms with Gasteiger partial charge in [0.1, 0.15) is 17.4 Å². The number of aryl methyl sites for hydroxylation is 2. The first kappa shape index (κ1) is 11.4. The predicted octanol–water partition coefficient (Wildman–Crippen LogP) is 2.78. The van der Waals surface area contributed by atoms with Gasteiger partial charge in [0, 0.05) is 6.07 Å². The molecule has 0 fully saturated rings. The fraction of sp³-hybridized carbons (Fsp3) is 0.231. The molecule has 0 spiro atoms. The highest BCUT2D eigenvalue weighted by Crippen LogP contribution is 2.26. The zero-order chi connectivity index (χ0) is 12.4. The third-order valence-electron chi connectivity index (χ3n) is 2.60. The Morgan fingerprint density at radius 2 is 1.88 bits per heavy atom. The summed E-state index contributed by atoms with van der Waals surface area (Å²) in [5.41, 5.74) is 7.93. The van der Waals surface area contributed by atoms with Crippen LogP contribution in [-0.2, 0) is 0 Å². The highest BCUT2D eigenvalue weighted by molar-refractivity contribution is 5.41. The van der Waals surface area contributed by atoms with Gasteiger partial charge in [-0.3, -0.25) is 0 Å². The molecule has 0 aliphatic heterocycles. The molecule has 0 aliphatic rings. The molecule has 88 valence electrons. The molecular weight excluding hydrogens is 214 g/mol. The quantitative estimate of drug-likeness (QED) is 0.860. The van der Waals surface area contributed by atoms with E-state index in [0.717, 1.165) is 11.3 Å². The smallest absolute Gasteiger partial charge is 0.224 e. The van der Waals surface area contributed by atoms with Crippen LogP contribution in [0.2, 0.25) is 0 Å². The number of hydrogen-bond donors (Lipinski definition) is 1. The Morgan fingerprint density at radius 1 is 1.12 bits per heavy atom. The fourth-order valence-corrected chi connectivity index (χ4v) is 1.56. The number of anilines is 1. The van der Waals surface area contributed by atoms with Crippen LogP contribution < -0.4 is 10.5 Å². The van der Waals surface area contributed by atoms with Gasteiger partial charge in [-0.1, -0.05) is 12.1 Å². The van der Waals surface area contributed by atoms with Gasteiger partial charge < -0.3 is 10.5 Å². The van der Waals surface area contributed by atoms with Gasteiger partial charge in [-0.25, -0.2) is 4.98 Å². The Labute approximate surface area is 100 Å². The molecule has 2 N–H and O–H groups in total. The van der Waals surface area contributed by atoms with Crippen molar-refractivity contribution >= 4 is 5.82 Å². The van der Waals surface area contributed by atoms with E-state index in [1.165, 1.54) is 5.56 Å². The molecule has 4 heteroatoms. The lowest BCUT2D eigenvalue weighted by atomic mass is 10.1. The van der Waals surface area contributed by atoms with E-state index in [2.05, 4.69) is 9.97 Å². The molecule has 0 amide bonds. The molecule has 0 radical (unpaired) electrons. The normalized spacial score (nSPS) is 10.3. The van der Waals surface area contributed by atoms with Crippen LogP contribution in [0.4, 0.5) is 5.82 Å². The van der Waals surface area contributed by atoms with Crippen molar-refractivity contribution < 1.29 is 4.74 Å². The number of ether oxygens (including phenoxy) is 1. The van der Waals surface area contributed by atoms with E-state index in [1.807, 2.05) is 32.0 Å². The van der Waals surface area contributed by atoms with Crippen LogP contribution in [0.5, 0.6) is 11.6 Å². The van der Waals surface area contributed by atoms with E-state index in [9.17, 15) is 0 Å². The van der Waals surface area contributed by atoms with E-state index in [-0.39, 0.29) is 0 Å². The molecule has 0 aliphatic carbocycles. The van der Waals surface area contributed by atoms with Crippen molar-refractivity contribution in [2.75, 3.05) is 5.73 Å². The Hall–Kier alpha value is -2.10. The molecule has 0 saturated heterocycles. The first-order chi connectivity index (χ1) is 8.06. The summed E-state index contributed by atoms with van der Waals surface area (Å²) >= 11 is 0. The summed E-state index contributed by atoms with van der Waals surface area (Å²) in [6, 6.07) is 7.53. The zero-order valence-electron chi connectivity index (χ0n) is 10.2. The summed E-state index contributed by atoms with van der Waals surface area (Å²) in [5.74, 6) is 2.29. The van der Waals surface area contributed by atoms with Gasteiger partial charge in [-0.15, -0.1) is 0 Å². The van der Waals surface area contributed by atoms with Crippen LogP contribution in [0, 0.1) is 20.8 Å². The number of nitrogen functional groups attached to an aromatic ring is 1. The third-order valence-corrected chi connectivity index (χ3v) is 2.60. The number of aromatic nitrogens is 2. The van der Waals surface area contributed by atoms with Crippen molar-refractivity contribution in [3.8, 4) is 11.6 Å². The minimum Gasteiger partial charge on any atom is -0.439 e. The van der Waals surface area contributed by atoms with E-state index >= 15 is 0 Å². The first-order valence-electron chi connectivity index (χ1n) is 5.41. The van der Waals surface area contributed by atoms with Gasteiger partial charge in [0.25, 0.3) is 0 Å². The number of rotatable bonds is 2. The molecule has 2 aromatic rings. The first-order valence-corrected chi connectivity index (χ1v) is 5.41. The molecule has 0 bridgehead atoms. The van der Waals surface area contributed by atoms with Gasteiger partial charge >= 0.3 is 0 Å². The molecule has 0 atom stereocenters. The summed E-state index contributed by atoms with van der Waals surface area (Å²) < 4.78 is 5.72. The highest BCUT2D eigenvalue weighted by Gasteiger charge is 2.05. The summed E-state index contributed by atoms with van der Waals surface area (Å²) in [5, 5.41) is 0. The molecule has 1 heterocycles. The standard InChI is InChI=1S/C13H15N3O/c1-8-5-4-6-11(9(8)2)17-13-7-12(14)15-10(3)16-13/h4-7H,1-3H3,(H2,14,15,16). The fourth-order valence-electron chi connectivity index (χ4n) is 1.56. The maximum Gasteiger partial charge on any atom is 0.224 e. The van der Waals surface area contributed by atoms with Gasteiger partial charge in [-0.2, -0.15) is 4.98 Å². The SMILES string of the molecule is Cc1nc(N)cc(Oc2cccc(C)c2C)n1. The van der Waals surface area contributed by atoms with Crippen LogP contribution in [0.25, 0.3) is 0 Å². The van der Waals surface area contributed by atoms with Crippen LogP contribution in [-0.4, -0.2) is 9.97 Å². The van der Waals surface area contributed by atoms with Gasteiger partial charge in [-0.05, 0) is 38.0 Å². The largest absolute Gasteiger partial charge is 0.439 e. The van der Waals surface area contributed by atoms with Crippen LogP contribution >= 0.6 is 0 Å². The average Bonchev–Trinajstić information content (AvgIpc) is 2.23. The molecule has 0 saturated carbocycles. The lowest BCUT2D eigenvalue weighted by molar-refractivity contribution is 0.456. The van der Waals surface area contributed by atoms with Crippen molar-refractivity contribution in [2.24, 2.45) is 0 Å². The Morgan fingerprint density at radius 3 is 2.59 bits per heavy atom. The average molecular weight is 229 g/mol. The molecule has 0 unspecified atom stereocenters. The number of nitrogens with zero attached hydrogens (tertiary/aromatic N) is 2. The van der Waals surface area contributed by atoms with E-state index < -0.39 is 0 Å². The molecular formula is C13H15N3O. The number of benzene rings is 1. The topological polar surface area (TPSA) is 61.0 Å². The van der Waals surface area contributed by atoms with Crippen LogP contribution in [0.15, 0.2) is 24.3 Å². The second-order valence-corrected chi connectivity index (χ2v) is 3.98. The predicted molar refractivity (Wildman–Crippen MR) is 67.2 cm³/mol. The maximum atomic E-state index is 5.72. The van der Waals surface area contributed by atoms with Gasteiger partial charge in [0.15, 0.2) is 0 Å². The lowest BCUT2D eigenvalue weighted by Gasteiger charge is -2.10. The Balaban J connectivity index is 2.34. The number of nitrogens with two attached hydrogens (primary N) is 1. The van der Waals surface area contributed by atoms with Crippen molar-refractivity contribution in [3.63, 3.8) is 0 Å². The van der Waals surface area contributed by atoms with E-state index in [4.69, 9.17) is 10.5 Å². The summed E-state index contributed by atoms with van der Waals surface area (Å²) in [6.07, 6.45) is 0. The highest BCUT2D eigenvalue weighted by atomic mass is 16.5. The summed E-state index contributed by atoms with van der Waals surface area (Å²) in [7, 11) is 0. The second kappa shape index (κ2) is 4.41. The van der Waals surface area contributed by atoms with Crippen LogP contribution in [0.1, 0.15) is 17.0 Å². The minimum atomic E-state index is 0.415. The van der Waals surface area contributed by atoms with Crippen molar-refractivity contribution in [3.05, 3.63) is 41.2 Å². The summed E-state index contributed by atoms with van der Waals surface area (Å²) in [6.45, 7) is 5.84. The van der Waals surface area contributed by atoms with Gasteiger partial charge in [0.2, 0.25) is 5.88 Å². The minimum absolute atomic E-state index is 0.415. The van der Waals surface area contributed by atoms with Gasteiger partial charge in [0.05, 0.1) is 0 Å². The Bertz CT molecular complexity index is 532. The number of hydrogen-bond acceptors (Lipinski definition) is 4. The van der Waals surface area contributed by atoms with Crippen molar-refractivity contribution in [1.82, 2.24) is 9.97 Å². The second-order valence-electron chi connectivity index (χ2n) is 3.98. The maximum absolute atomic E-state index is 5.72. The lowest BCUT2D eigenvalue weighted by Crippen LogP contribution is -1.98. The van der Waals surface area contributed by atoms with Crippen molar-refractivity contribution in [1.29, 1.82) is 0 Å². The van der Waals surface area contributed by atoms with Crippen molar-refractivity contribution in [2.45, 2.75) is 20.8 Å². The Kier molecular flexibility index (Phi) is 2.95. The summed E-state index contributed by atoms with van der Waals surface area (Å²) in [4.78, 5) is 8.19. The third kappa shape index (κ3) is 2.53.